The number of hydrogen-bond donors (Lipinski definition) is 1. The Kier molecular flexibility index (Phi) is 5.75. The molecule has 0 aliphatic rings. The zero-order valence-electron chi connectivity index (χ0n) is 18.6. The summed E-state index contributed by atoms with van der Waals surface area (Å²) in [4.78, 5) is 30.6. The van der Waals surface area contributed by atoms with Crippen molar-refractivity contribution in [2.45, 2.75) is 6.42 Å². The number of aromatic nitrogens is 1. The molecule has 0 radical (unpaired) electrons. The second kappa shape index (κ2) is 9.16. The molecule has 4 aromatic carbocycles. The number of methoxy groups -OCH3 is 1. The van der Waals surface area contributed by atoms with Gasteiger partial charge in [0.05, 0.1) is 12.6 Å². The number of ether oxygens (including phenoxy) is 1. The minimum absolute atomic E-state index is 0.00696. The molecular formula is C29H22N2O3. The number of nitrogens with zero attached hydrogens (tertiary/aromatic N) is 1. The minimum atomic E-state index is -0.297. The first-order valence-corrected chi connectivity index (χ1v) is 11.0. The van der Waals surface area contributed by atoms with E-state index in [2.05, 4.69) is 10.3 Å². The van der Waals surface area contributed by atoms with Crippen LogP contribution in [0.25, 0.3) is 21.7 Å². The van der Waals surface area contributed by atoms with E-state index in [-0.39, 0.29) is 18.1 Å². The van der Waals surface area contributed by atoms with Crippen molar-refractivity contribution < 1.29 is 14.3 Å². The van der Waals surface area contributed by atoms with Crippen LogP contribution in [0, 0.1) is 0 Å². The normalized spacial score (nSPS) is 10.9. The fourth-order valence-corrected chi connectivity index (χ4v) is 4.10. The van der Waals surface area contributed by atoms with Crippen LogP contribution in [0.3, 0.4) is 0 Å². The van der Waals surface area contributed by atoms with E-state index >= 15 is 0 Å². The zero-order chi connectivity index (χ0) is 23.5. The minimum Gasteiger partial charge on any atom is -0.497 e. The van der Waals surface area contributed by atoms with Gasteiger partial charge in [-0.25, -0.2) is 4.98 Å². The second-order valence-electron chi connectivity index (χ2n) is 7.99. The average Bonchev–Trinajstić information content (AvgIpc) is 2.88. The number of carbonyl (C=O) groups is 2. The predicted octanol–water partition coefficient (Wildman–Crippen LogP) is 6.07. The molecule has 1 aromatic heterocycles. The lowest BCUT2D eigenvalue weighted by Crippen LogP contribution is -2.14. The standard InChI is InChI=1S/C29H22N2O3/c1-34-23-15-12-20(13-16-23)27(32)18-22-9-4-7-21-8-5-11-25(28(21)22)31-29(33)26-17-14-19-6-2-3-10-24(19)30-26/h2-17H,18H2,1H3,(H,31,33). The first kappa shape index (κ1) is 21.3. The highest BCUT2D eigenvalue weighted by Gasteiger charge is 2.15. The maximum absolute atomic E-state index is 13.1. The maximum atomic E-state index is 13.1. The monoisotopic (exact) mass is 446 g/mol. The number of para-hydroxylation sites is 1. The summed E-state index contributed by atoms with van der Waals surface area (Å²) in [6.45, 7) is 0. The van der Waals surface area contributed by atoms with Crippen molar-refractivity contribution in [2.24, 2.45) is 0 Å². The average molecular weight is 447 g/mol. The first-order chi connectivity index (χ1) is 16.6. The summed E-state index contributed by atoms with van der Waals surface area (Å²) in [5, 5.41) is 5.78. The Labute approximate surface area is 197 Å². The van der Waals surface area contributed by atoms with E-state index in [0.717, 1.165) is 27.2 Å². The topological polar surface area (TPSA) is 68.3 Å². The van der Waals surface area contributed by atoms with Crippen molar-refractivity contribution in [2.75, 3.05) is 12.4 Å². The number of hydrogen-bond acceptors (Lipinski definition) is 4. The molecule has 5 nitrogen and oxygen atoms in total. The molecular weight excluding hydrogens is 424 g/mol. The number of fused-ring (bicyclic) bond motifs is 2. The Morgan fingerprint density at radius 1 is 0.794 bits per heavy atom. The molecule has 0 atom stereocenters. The summed E-state index contributed by atoms with van der Waals surface area (Å²) in [6, 6.07) is 29.9. The SMILES string of the molecule is COc1ccc(C(=O)Cc2cccc3cccc(NC(=O)c4ccc5ccccc5n4)c23)cc1. The van der Waals surface area contributed by atoms with Gasteiger partial charge >= 0.3 is 0 Å². The fourth-order valence-electron chi connectivity index (χ4n) is 4.10. The summed E-state index contributed by atoms with van der Waals surface area (Å²) >= 11 is 0. The Bertz CT molecular complexity index is 1520. The Morgan fingerprint density at radius 2 is 1.53 bits per heavy atom. The number of amides is 1. The van der Waals surface area contributed by atoms with Gasteiger partial charge in [-0.15, -0.1) is 0 Å². The number of nitrogens with one attached hydrogen (secondary N) is 1. The molecule has 0 fully saturated rings. The van der Waals surface area contributed by atoms with Crippen molar-refractivity contribution in [3.63, 3.8) is 0 Å². The fraction of sp³-hybridized carbons (Fsp3) is 0.0690. The third kappa shape index (κ3) is 4.24. The number of ketones is 1. The second-order valence-corrected chi connectivity index (χ2v) is 7.99. The molecule has 0 bridgehead atoms. The molecule has 1 N–H and O–H groups in total. The van der Waals surface area contributed by atoms with Gasteiger partial charge in [-0.1, -0.05) is 54.6 Å². The van der Waals surface area contributed by atoms with E-state index in [0.29, 0.717) is 22.7 Å². The van der Waals surface area contributed by atoms with Gasteiger partial charge < -0.3 is 10.1 Å². The molecule has 0 saturated carbocycles. The molecule has 5 heteroatoms. The Balaban J connectivity index is 1.46. The number of rotatable bonds is 6. The van der Waals surface area contributed by atoms with E-state index in [1.165, 1.54) is 0 Å². The highest BCUT2D eigenvalue weighted by molar-refractivity contribution is 6.10. The van der Waals surface area contributed by atoms with Crippen molar-refractivity contribution in [1.82, 2.24) is 4.98 Å². The number of anilines is 1. The van der Waals surface area contributed by atoms with Crippen LogP contribution in [0.2, 0.25) is 0 Å². The molecule has 0 saturated heterocycles. The highest BCUT2D eigenvalue weighted by atomic mass is 16.5. The van der Waals surface area contributed by atoms with Gasteiger partial charge in [0.25, 0.3) is 5.91 Å². The van der Waals surface area contributed by atoms with Crippen molar-refractivity contribution in [1.29, 1.82) is 0 Å². The Morgan fingerprint density at radius 3 is 2.32 bits per heavy atom. The summed E-state index contributed by atoms with van der Waals surface area (Å²) < 4.78 is 5.18. The van der Waals surface area contributed by atoms with Crippen LogP contribution in [-0.4, -0.2) is 23.8 Å². The van der Waals surface area contributed by atoms with Crippen LogP contribution < -0.4 is 10.1 Å². The van der Waals surface area contributed by atoms with Gasteiger partial charge in [0.15, 0.2) is 5.78 Å². The largest absolute Gasteiger partial charge is 0.497 e. The van der Waals surface area contributed by atoms with Crippen LogP contribution in [0.4, 0.5) is 5.69 Å². The predicted molar refractivity (Wildman–Crippen MR) is 135 cm³/mol. The summed E-state index contributed by atoms with van der Waals surface area (Å²) in [5.41, 5.74) is 3.21. The molecule has 1 heterocycles. The van der Waals surface area contributed by atoms with Gasteiger partial charge in [0.2, 0.25) is 0 Å². The first-order valence-electron chi connectivity index (χ1n) is 11.0. The summed E-state index contributed by atoms with van der Waals surface area (Å²) in [5.74, 6) is 0.399. The lowest BCUT2D eigenvalue weighted by molar-refractivity contribution is 0.0991. The molecule has 0 unspecified atom stereocenters. The van der Waals surface area contributed by atoms with Crippen LogP contribution in [0.15, 0.2) is 97.1 Å². The van der Waals surface area contributed by atoms with Crippen molar-refractivity contribution in [3.8, 4) is 5.75 Å². The van der Waals surface area contributed by atoms with E-state index < -0.39 is 0 Å². The maximum Gasteiger partial charge on any atom is 0.274 e. The number of Topliss-reactive ketones (excluding diaryl/α,β-unsaturated/α-hetero) is 1. The number of pyridine rings is 1. The molecule has 5 rings (SSSR count). The smallest absolute Gasteiger partial charge is 0.274 e. The third-order valence-corrected chi connectivity index (χ3v) is 5.83. The quantitative estimate of drug-likeness (QED) is 0.321. The number of benzene rings is 4. The van der Waals surface area contributed by atoms with Crippen LogP contribution in [0.5, 0.6) is 5.75 Å². The lowest BCUT2D eigenvalue weighted by Gasteiger charge is -2.13. The van der Waals surface area contributed by atoms with Gasteiger partial charge in [-0.2, -0.15) is 0 Å². The molecule has 0 aliphatic heterocycles. The third-order valence-electron chi connectivity index (χ3n) is 5.83. The zero-order valence-corrected chi connectivity index (χ0v) is 18.6. The summed E-state index contributed by atoms with van der Waals surface area (Å²) in [6.07, 6.45) is 0.213. The van der Waals surface area contributed by atoms with E-state index in [4.69, 9.17) is 4.74 Å². The van der Waals surface area contributed by atoms with E-state index in [1.807, 2.05) is 66.7 Å². The van der Waals surface area contributed by atoms with Crippen molar-refractivity contribution >= 4 is 39.1 Å². The van der Waals surface area contributed by atoms with Gasteiger partial charge in [0, 0.05) is 28.4 Å². The molecule has 166 valence electrons. The molecule has 34 heavy (non-hydrogen) atoms. The lowest BCUT2D eigenvalue weighted by atomic mass is 9.96. The van der Waals surface area contributed by atoms with Crippen LogP contribution in [-0.2, 0) is 6.42 Å². The molecule has 0 spiro atoms. The Hall–Kier alpha value is -4.51. The van der Waals surface area contributed by atoms with E-state index in [9.17, 15) is 9.59 Å². The van der Waals surface area contributed by atoms with Gasteiger partial charge in [0.1, 0.15) is 11.4 Å². The highest BCUT2D eigenvalue weighted by Crippen LogP contribution is 2.29. The van der Waals surface area contributed by atoms with Gasteiger partial charge in [-0.3, -0.25) is 9.59 Å². The number of carbonyl (C=O) groups excluding carboxylic acids is 2. The van der Waals surface area contributed by atoms with Gasteiger partial charge in [-0.05, 0) is 53.4 Å². The molecule has 0 aliphatic carbocycles. The summed E-state index contributed by atoms with van der Waals surface area (Å²) in [7, 11) is 1.59. The van der Waals surface area contributed by atoms with Crippen molar-refractivity contribution in [3.05, 3.63) is 114 Å². The van der Waals surface area contributed by atoms with E-state index in [1.54, 1.807) is 37.4 Å². The molecule has 1 amide bonds. The van der Waals surface area contributed by atoms with Crippen LogP contribution >= 0.6 is 0 Å². The molecule has 5 aromatic rings. The van der Waals surface area contributed by atoms with Crippen LogP contribution in [0.1, 0.15) is 26.4 Å².